The zero-order valence-electron chi connectivity index (χ0n) is 23.0. The Morgan fingerprint density at radius 2 is 1.92 bits per heavy atom. The normalized spacial score (nSPS) is 12.9. The van der Waals surface area contributed by atoms with Gasteiger partial charge in [-0.1, -0.05) is 44.0 Å². The number of aromatic nitrogens is 5. The monoisotopic (exact) mass is 540 g/mol. The van der Waals surface area contributed by atoms with Gasteiger partial charge in [0.25, 0.3) is 0 Å². The summed E-state index contributed by atoms with van der Waals surface area (Å²) in [4.78, 5) is 16.8. The standard InChI is InChI=1S/C31H33FN6S/c1-9-12-22(25-14-13-24(39-25)18(4)5)28-19(6)34-31(35-28)30-26-23(36-37-30)16-33-29(27(26)32)21(11-3)15-20(10-2)17-38(7)8/h9-16H,1-2,4,17H2,3,5-8H3,(H,34,35)(H,36,37)/b20-15+,21-11+,22-12-. The van der Waals surface area contributed by atoms with E-state index < -0.39 is 5.82 Å². The second kappa shape index (κ2) is 11.7. The van der Waals surface area contributed by atoms with Crippen LogP contribution in [0.2, 0.25) is 0 Å². The largest absolute Gasteiger partial charge is 0.340 e. The van der Waals surface area contributed by atoms with Crippen LogP contribution >= 0.6 is 11.3 Å². The number of rotatable bonds is 10. The molecule has 4 aromatic rings. The summed E-state index contributed by atoms with van der Waals surface area (Å²) in [6.45, 7) is 18.3. The summed E-state index contributed by atoms with van der Waals surface area (Å²) in [6.07, 6.45) is 10.8. The van der Waals surface area contributed by atoms with E-state index in [-0.39, 0.29) is 5.69 Å². The van der Waals surface area contributed by atoms with Crippen LogP contribution in [-0.2, 0) is 0 Å². The number of allylic oxidation sites excluding steroid dienone is 6. The molecule has 2 N–H and O–H groups in total. The first-order valence-corrected chi connectivity index (χ1v) is 13.3. The molecule has 0 saturated heterocycles. The van der Waals surface area contributed by atoms with Crippen molar-refractivity contribution < 1.29 is 4.39 Å². The van der Waals surface area contributed by atoms with Gasteiger partial charge in [-0.15, -0.1) is 11.3 Å². The zero-order chi connectivity index (χ0) is 28.3. The molecule has 0 aromatic carbocycles. The van der Waals surface area contributed by atoms with E-state index in [0.717, 1.165) is 37.9 Å². The molecule has 39 heavy (non-hydrogen) atoms. The fourth-order valence-corrected chi connectivity index (χ4v) is 5.27. The molecule has 4 heterocycles. The van der Waals surface area contributed by atoms with Gasteiger partial charge >= 0.3 is 0 Å². The van der Waals surface area contributed by atoms with E-state index in [2.05, 4.69) is 52.0 Å². The van der Waals surface area contributed by atoms with Crippen molar-refractivity contribution in [2.24, 2.45) is 0 Å². The Hall–Kier alpha value is -4.14. The first-order chi connectivity index (χ1) is 18.7. The predicted molar refractivity (Wildman–Crippen MR) is 163 cm³/mol. The van der Waals surface area contributed by atoms with Crippen molar-refractivity contribution in [3.63, 3.8) is 0 Å². The Balaban J connectivity index is 1.82. The molecular weight excluding hydrogens is 507 g/mol. The van der Waals surface area contributed by atoms with E-state index in [1.165, 1.54) is 0 Å². The van der Waals surface area contributed by atoms with Crippen LogP contribution in [0.3, 0.4) is 0 Å². The third-order valence-electron chi connectivity index (χ3n) is 6.17. The number of imidazole rings is 1. The number of pyridine rings is 1. The summed E-state index contributed by atoms with van der Waals surface area (Å²) in [6, 6.07) is 4.11. The maximum absolute atomic E-state index is 16.1. The molecule has 0 bridgehead atoms. The molecule has 0 unspecified atom stereocenters. The van der Waals surface area contributed by atoms with Gasteiger partial charge in [-0.25, -0.2) is 9.37 Å². The lowest BCUT2D eigenvalue weighted by Crippen LogP contribution is -2.14. The average Bonchev–Trinajstić information content (AvgIpc) is 3.64. The van der Waals surface area contributed by atoms with Crippen molar-refractivity contribution in [2.75, 3.05) is 20.6 Å². The lowest BCUT2D eigenvalue weighted by molar-refractivity contribution is 0.449. The summed E-state index contributed by atoms with van der Waals surface area (Å²) in [7, 11) is 3.95. The predicted octanol–water partition coefficient (Wildman–Crippen LogP) is 7.59. The Bertz CT molecular complexity index is 1660. The lowest BCUT2D eigenvalue weighted by Gasteiger charge is -2.12. The summed E-state index contributed by atoms with van der Waals surface area (Å²) >= 11 is 1.64. The summed E-state index contributed by atoms with van der Waals surface area (Å²) in [5, 5.41) is 7.66. The Kier molecular flexibility index (Phi) is 8.38. The lowest BCUT2D eigenvalue weighted by atomic mass is 10.0. The zero-order valence-corrected chi connectivity index (χ0v) is 23.8. The minimum absolute atomic E-state index is 0.243. The third-order valence-corrected chi connectivity index (χ3v) is 7.45. The van der Waals surface area contributed by atoms with E-state index in [4.69, 9.17) is 4.98 Å². The van der Waals surface area contributed by atoms with Crippen LogP contribution in [0.25, 0.3) is 39.1 Å². The number of aromatic amines is 2. The summed E-state index contributed by atoms with van der Waals surface area (Å²) in [5.41, 5.74) is 6.26. The Morgan fingerprint density at radius 3 is 2.54 bits per heavy atom. The second-order valence-corrected chi connectivity index (χ2v) is 10.6. The molecule has 0 atom stereocenters. The smallest absolute Gasteiger partial charge is 0.161 e. The highest BCUT2D eigenvalue weighted by atomic mass is 32.1. The number of halogens is 1. The molecule has 0 amide bonds. The van der Waals surface area contributed by atoms with Crippen molar-refractivity contribution >= 4 is 39.0 Å². The highest BCUT2D eigenvalue weighted by Gasteiger charge is 2.23. The number of thiophene rings is 1. The minimum Gasteiger partial charge on any atom is -0.340 e. The quantitative estimate of drug-likeness (QED) is 0.203. The molecule has 200 valence electrons. The van der Waals surface area contributed by atoms with Gasteiger partial charge in [0.15, 0.2) is 11.6 Å². The number of nitrogens with one attached hydrogen (secondary N) is 2. The molecule has 0 aliphatic carbocycles. The fraction of sp³-hybridized carbons (Fsp3) is 0.194. The van der Waals surface area contributed by atoms with Gasteiger partial charge in [0.1, 0.15) is 11.4 Å². The molecule has 8 heteroatoms. The van der Waals surface area contributed by atoms with Gasteiger partial charge in [0.2, 0.25) is 0 Å². The molecule has 0 fully saturated rings. The van der Waals surface area contributed by atoms with Gasteiger partial charge in [-0.05, 0) is 69.8 Å². The van der Waals surface area contributed by atoms with Gasteiger partial charge in [0, 0.05) is 27.6 Å². The van der Waals surface area contributed by atoms with E-state index in [0.29, 0.717) is 34.5 Å². The number of fused-ring (bicyclic) bond motifs is 1. The fourth-order valence-electron chi connectivity index (χ4n) is 4.31. The van der Waals surface area contributed by atoms with E-state index in [1.54, 1.807) is 29.7 Å². The number of aryl methyl sites for hydroxylation is 1. The highest BCUT2D eigenvalue weighted by molar-refractivity contribution is 7.14. The van der Waals surface area contributed by atoms with Gasteiger partial charge in [-0.3, -0.25) is 10.1 Å². The van der Waals surface area contributed by atoms with Crippen LogP contribution in [0.15, 0.2) is 74.0 Å². The van der Waals surface area contributed by atoms with Crippen LogP contribution in [-0.4, -0.2) is 50.7 Å². The van der Waals surface area contributed by atoms with Gasteiger partial charge in [-0.2, -0.15) is 5.10 Å². The Labute approximate surface area is 232 Å². The van der Waals surface area contributed by atoms with E-state index >= 15 is 4.39 Å². The van der Waals surface area contributed by atoms with Crippen LogP contribution in [0.5, 0.6) is 0 Å². The highest BCUT2D eigenvalue weighted by Crippen LogP contribution is 2.36. The van der Waals surface area contributed by atoms with Crippen LogP contribution in [0.4, 0.5) is 4.39 Å². The van der Waals surface area contributed by atoms with Crippen molar-refractivity contribution in [2.45, 2.75) is 20.8 Å². The number of likely N-dealkylation sites (N-methyl/N-ethyl adjacent to an activating group) is 1. The van der Waals surface area contributed by atoms with Crippen molar-refractivity contribution in [1.82, 2.24) is 30.0 Å². The molecule has 6 nitrogen and oxygen atoms in total. The van der Waals surface area contributed by atoms with E-state index in [1.807, 2.05) is 58.0 Å². The first-order valence-electron chi connectivity index (χ1n) is 12.5. The minimum atomic E-state index is -0.462. The Morgan fingerprint density at radius 1 is 1.18 bits per heavy atom. The molecule has 4 rings (SSSR count). The molecule has 0 radical (unpaired) electrons. The van der Waals surface area contributed by atoms with Gasteiger partial charge in [0.05, 0.1) is 22.8 Å². The molecule has 0 aliphatic rings. The van der Waals surface area contributed by atoms with Crippen LogP contribution < -0.4 is 0 Å². The maximum Gasteiger partial charge on any atom is 0.161 e. The van der Waals surface area contributed by atoms with Crippen LogP contribution in [0.1, 0.15) is 40.7 Å². The second-order valence-electron chi connectivity index (χ2n) is 9.51. The van der Waals surface area contributed by atoms with Crippen molar-refractivity contribution in [1.29, 1.82) is 0 Å². The summed E-state index contributed by atoms with van der Waals surface area (Å²) < 4.78 is 16.1. The molecule has 4 aromatic heterocycles. The van der Waals surface area contributed by atoms with Crippen molar-refractivity contribution in [3.05, 3.63) is 107 Å². The number of nitrogens with zero attached hydrogens (tertiary/aromatic N) is 4. The summed E-state index contributed by atoms with van der Waals surface area (Å²) in [5.74, 6) is 0.00378. The third kappa shape index (κ3) is 5.67. The molecule has 0 aliphatic heterocycles. The first kappa shape index (κ1) is 27.9. The van der Waals surface area contributed by atoms with E-state index in [9.17, 15) is 0 Å². The number of hydrogen-bond donors (Lipinski definition) is 2. The average molecular weight is 541 g/mol. The van der Waals surface area contributed by atoms with Crippen LogP contribution in [0, 0.1) is 12.7 Å². The van der Waals surface area contributed by atoms with Crippen molar-refractivity contribution in [3.8, 4) is 11.5 Å². The molecule has 0 spiro atoms. The maximum atomic E-state index is 16.1. The SMILES string of the molecule is C=C/C=C(/c1ccc(C(=C)C)s1)c1nc(-c2n[nH]c3cnc(C(/C=C(\C=C)CN(C)C)=C/C)c(F)c23)[nH]c1C. The molecule has 0 saturated carbocycles. The molecular formula is C31H33FN6S. The number of H-pyrrole nitrogens is 2. The number of hydrogen-bond acceptors (Lipinski definition) is 5. The van der Waals surface area contributed by atoms with Gasteiger partial charge < -0.3 is 9.88 Å². The topological polar surface area (TPSA) is 73.5 Å².